The van der Waals surface area contributed by atoms with Gasteiger partial charge in [-0.25, -0.2) is 9.18 Å². The molecule has 0 radical (unpaired) electrons. The van der Waals surface area contributed by atoms with Crippen LogP contribution in [0.2, 0.25) is 0 Å². The van der Waals surface area contributed by atoms with Gasteiger partial charge in [-0.1, -0.05) is 6.07 Å². The first-order valence-electron chi connectivity index (χ1n) is 7.91. The van der Waals surface area contributed by atoms with Crippen LogP contribution in [0.1, 0.15) is 11.1 Å². The fourth-order valence-corrected chi connectivity index (χ4v) is 3.23. The molecule has 0 bridgehead atoms. The molecule has 1 aliphatic heterocycles. The number of methoxy groups -OCH3 is 1. The first-order valence-corrected chi connectivity index (χ1v) is 7.91. The van der Waals surface area contributed by atoms with E-state index in [0.717, 1.165) is 5.56 Å². The Bertz CT molecular complexity index is 1020. The summed E-state index contributed by atoms with van der Waals surface area (Å²) >= 11 is 0. The van der Waals surface area contributed by atoms with Gasteiger partial charge in [0.2, 0.25) is 0 Å². The number of oxazole rings is 1. The summed E-state index contributed by atoms with van der Waals surface area (Å²) in [5.41, 5.74) is 1.95. The maximum absolute atomic E-state index is 13.4. The number of carbonyl (C=O) groups is 1. The van der Waals surface area contributed by atoms with Crippen molar-refractivity contribution in [3.8, 4) is 11.5 Å². The molecule has 2 aromatic carbocycles. The lowest BCUT2D eigenvalue weighted by Crippen LogP contribution is -2.46. The molecule has 7 nitrogen and oxygen atoms in total. The summed E-state index contributed by atoms with van der Waals surface area (Å²) in [7, 11) is 1.43. The molecule has 0 aliphatic carbocycles. The van der Waals surface area contributed by atoms with Gasteiger partial charge < -0.3 is 24.3 Å². The first-order chi connectivity index (χ1) is 12.5. The van der Waals surface area contributed by atoms with Crippen LogP contribution in [0.25, 0.3) is 11.1 Å². The number of hydrogen-bond acceptors (Lipinski definition) is 6. The molecule has 0 fully saturated rings. The van der Waals surface area contributed by atoms with E-state index >= 15 is 0 Å². The van der Waals surface area contributed by atoms with Crippen LogP contribution < -0.4 is 9.64 Å². The van der Waals surface area contributed by atoms with Gasteiger partial charge >= 0.3 is 5.97 Å². The lowest BCUT2D eigenvalue weighted by molar-refractivity contribution is -0.138. The number of nitrogens with zero attached hydrogens (tertiary/aromatic N) is 2. The molecule has 4 rings (SSSR count). The van der Waals surface area contributed by atoms with Crippen molar-refractivity contribution in [2.75, 3.05) is 12.0 Å². The van der Waals surface area contributed by atoms with Gasteiger partial charge in [0.25, 0.3) is 6.01 Å². The topological polar surface area (TPSA) is 96.0 Å². The molecule has 3 aromatic rings. The number of aliphatic carboxylic acids is 1. The number of fused-ring (bicyclic) bond motifs is 2. The fourth-order valence-electron chi connectivity index (χ4n) is 3.23. The number of carboxylic acids is 1. The number of anilines is 1. The molecule has 0 saturated carbocycles. The monoisotopic (exact) mass is 358 g/mol. The number of phenols is 1. The number of carboxylic acid groups (broad SMARTS) is 1. The summed E-state index contributed by atoms with van der Waals surface area (Å²) in [5.74, 6) is -1.31. The fraction of sp³-hybridized carbons (Fsp3) is 0.222. The molecule has 134 valence electrons. The largest absolute Gasteiger partial charge is 0.504 e. The standard InChI is InChI=1S/C18H15FN2O5/c1-25-14-5-2-9-8-21(13(17(23)24)7-11(9)16(14)22)18-20-12-4-3-10(19)6-15(12)26-18/h2-6,13,22H,7-8H2,1H3,(H,23,24). The van der Waals surface area contributed by atoms with Gasteiger partial charge in [-0.3, -0.25) is 0 Å². The average molecular weight is 358 g/mol. The SMILES string of the molecule is COc1ccc2c(c1O)CC(C(=O)O)N(c1nc3ccc(F)cc3o1)C2. The van der Waals surface area contributed by atoms with Crippen LogP contribution in [0, 0.1) is 5.82 Å². The molecule has 2 heterocycles. The Morgan fingerprint density at radius 1 is 1.38 bits per heavy atom. The van der Waals surface area contributed by atoms with E-state index < -0.39 is 17.8 Å². The highest BCUT2D eigenvalue weighted by Gasteiger charge is 2.36. The van der Waals surface area contributed by atoms with E-state index in [0.29, 0.717) is 16.8 Å². The van der Waals surface area contributed by atoms with E-state index in [1.807, 2.05) is 0 Å². The molecule has 1 aliphatic rings. The van der Waals surface area contributed by atoms with Crippen molar-refractivity contribution in [2.24, 2.45) is 0 Å². The van der Waals surface area contributed by atoms with Gasteiger partial charge in [0.05, 0.1) is 7.11 Å². The van der Waals surface area contributed by atoms with E-state index in [2.05, 4.69) is 4.98 Å². The number of aromatic nitrogens is 1. The molecule has 0 saturated heterocycles. The van der Waals surface area contributed by atoms with Gasteiger partial charge in [-0.15, -0.1) is 0 Å². The molecular formula is C18H15FN2O5. The van der Waals surface area contributed by atoms with Crippen LogP contribution in [0.15, 0.2) is 34.7 Å². The highest BCUT2D eigenvalue weighted by Crippen LogP contribution is 2.38. The number of benzene rings is 2. The van der Waals surface area contributed by atoms with Gasteiger partial charge in [0.15, 0.2) is 17.1 Å². The zero-order valence-electron chi connectivity index (χ0n) is 13.8. The summed E-state index contributed by atoms with van der Waals surface area (Å²) in [5, 5.41) is 20.0. The highest BCUT2D eigenvalue weighted by molar-refractivity contribution is 5.81. The van der Waals surface area contributed by atoms with Crippen molar-refractivity contribution in [2.45, 2.75) is 19.0 Å². The van der Waals surface area contributed by atoms with E-state index in [-0.39, 0.29) is 30.3 Å². The van der Waals surface area contributed by atoms with Gasteiger partial charge in [-0.05, 0) is 23.8 Å². The quantitative estimate of drug-likeness (QED) is 0.743. The Morgan fingerprint density at radius 3 is 2.92 bits per heavy atom. The van der Waals surface area contributed by atoms with Crippen LogP contribution in [-0.2, 0) is 17.8 Å². The predicted octanol–water partition coefficient (Wildman–Crippen LogP) is 2.70. The number of halogens is 1. The number of ether oxygens (including phenoxy) is 1. The van der Waals surface area contributed by atoms with Crippen molar-refractivity contribution in [1.29, 1.82) is 0 Å². The Kier molecular flexibility index (Phi) is 3.68. The molecule has 1 atom stereocenters. The van der Waals surface area contributed by atoms with Crippen molar-refractivity contribution in [3.05, 3.63) is 47.3 Å². The third-order valence-corrected chi connectivity index (χ3v) is 4.55. The minimum atomic E-state index is -1.08. The van der Waals surface area contributed by atoms with E-state index in [9.17, 15) is 19.4 Å². The summed E-state index contributed by atoms with van der Waals surface area (Å²) < 4.78 is 24.0. The Hall–Kier alpha value is -3.29. The zero-order valence-corrected chi connectivity index (χ0v) is 13.8. The highest BCUT2D eigenvalue weighted by atomic mass is 19.1. The van der Waals surface area contributed by atoms with Crippen LogP contribution >= 0.6 is 0 Å². The van der Waals surface area contributed by atoms with Gasteiger partial charge in [-0.2, -0.15) is 4.98 Å². The molecule has 1 unspecified atom stereocenters. The second-order valence-electron chi connectivity index (χ2n) is 6.05. The average Bonchev–Trinajstić information content (AvgIpc) is 3.04. The maximum atomic E-state index is 13.4. The minimum absolute atomic E-state index is 0.0563. The second kappa shape index (κ2) is 5.91. The maximum Gasteiger partial charge on any atom is 0.326 e. The molecular weight excluding hydrogens is 343 g/mol. The van der Waals surface area contributed by atoms with Gasteiger partial charge in [0.1, 0.15) is 17.4 Å². The van der Waals surface area contributed by atoms with E-state index in [1.54, 1.807) is 12.1 Å². The third kappa shape index (κ3) is 2.50. The Labute approximate surface area is 147 Å². The predicted molar refractivity (Wildman–Crippen MR) is 89.9 cm³/mol. The molecule has 8 heteroatoms. The normalized spacial score (nSPS) is 16.5. The Morgan fingerprint density at radius 2 is 2.19 bits per heavy atom. The van der Waals surface area contributed by atoms with Crippen molar-refractivity contribution < 1.29 is 28.6 Å². The molecule has 2 N–H and O–H groups in total. The summed E-state index contributed by atoms with van der Waals surface area (Å²) in [6.07, 6.45) is 0.0563. The first kappa shape index (κ1) is 16.2. The van der Waals surface area contributed by atoms with Crippen LogP contribution in [-0.4, -0.2) is 34.3 Å². The number of phenolic OH excluding ortho intramolecular Hbond substituents is 1. The van der Waals surface area contributed by atoms with Gasteiger partial charge in [0, 0.05) is 24.6 Å². The van der Waals surface area contributed by atoms with Crippen LogP contribution in [0.4, 0.5) is 10.4 Å². The number of hydrogen-bond donors (Lipinski definition) is 2. The number of aromatic hydroxyl groups is 1. The second-order valence-corrected chi connectivity index (χ2v) is 6.05. The van der Waals surface area contributed by atoms with E-state index in [4.69, 9.17) is 9.15 Å². The van der Waals surface area contributed by atoms with Crippen molar-refractivity contribution in [3.63, 3.8) is 0 Å². The summed E-state index contributed by atoms with van der Waals surface area (Å²) in [4.78, 5) is 17.6. The van der Waals surface area contributed by atoms with Crippen LogP contribution in [0.3, 0.4) is 0 Å². The minimum Gasteiger partial charge on any atom is -0.504 e. The van der Waals surface area contributed by atoms with E-state index in [1.165, 1.54) is 30.2 Å². The van der Waals surface area contributed by atoms with Crippen molar-refractivity contribution >= 4 is 23.1 Å². The number of rotatable bonds is 3. The molecule has 0 spiro atoms. The zero-order chi connectivity index (χ0) is 18.4. The lowest BCUT2D eigenvalue weighted by atomic mass is 9.93. The van der Waals surface area contributed by atoms with Crippen LogP contribution in [0.5, 0.6) is 11.5 Å². The van der Waals surface area contributed by atoms with Crippen molar-refractivity contribution in [1.82, 2.24) is 4.98 Å². The lowest BCUT2D eigenvalue weighted by Gasteiger charge is -2.33. The molecule has 26 heavy (non-hydrogen) atoms. The Balaban J connectivity index is 1.79. The smallest absolute Gasteiger partial charge is 0.326 e. The summed E-state index contributed by atoms with van der Waals surface area (Å²) in [6, 6.07) is 6.44. The molecule has 1 aromatic heterocycles. The third-order valence-electron chi connectivity index (χ3n) is 4.55. The summed E-state index contributed by atoms with van der Waals surface area (Å²) in [6.45, 7) is 0.180. The molecule has 0 amide bonds.